The van der Waals surface area contributed by atoms with Crippen LogP contribution in [0.15, 0.2) is 47.4 Å². The molecule has 0 atom stereocenters. The number of carbonyl (C=O) groups excluding carboxylic acids is 2. The first-order valence-electron chi connectivity index (χ1n) is 11.1. The molecule has 1 aromatic carbocycles. The van der Waals surface area contributed by atoms with Crippen molar-refractivity contribution in [3.63, 3.8) is 0 Å². The number of esters is 2. The van der Waals surface area contributed by atoms with Crippen LogP contribution in [-0.4, -0.2) is 38.1 Å². The fourth-order valence-corrected chi connectivity index (χ4v) is 3.50. The number of benzene rings is 1. The van der Waals surface area contributed by atoms with E-state index < -0.39 is 32.5 Å². The maximum atomic E-state index is 12.6. The Morgan fingerprint density at radius 3 is 1.82 bits per heavy atom. The van der Waals surface area contributed by atoms with Crippen molar-refractivity contribution in [3.05, 3.63) is 53.6 Å². The topological polar surface area (TPSA) is 110 Å². The van der Waals surface area contributed by atoms with E-state index in [0.717, 1.165) is 38.2 Å². The minimum Gasteiger partial charge on any atom is -0.744 e. The quantitative estimate of drug-likeness (QED) is 0.118. The maximum Gasteiger partial charge on any atom is 1.00 e. The maximum absolute atomic E-state index is 12.6. The molecule has 178 valence electrons. The number of unbranched alkanes of at least 4 members (excludes halogenated alkanes) is 4. The minimum atomic E-state index is -5.00. The number of allylic oxidation sites excluding steroid dienone is 4. The molecule has 0 bridgehead atoms. The van der Waals surface area contributed by atoms with Gasteiger partial charge in [-0.05, 0) is 50.7 Å². The third-order valence-electron chi connectivity index (χ3n) is 4.46. The molecule has 0 unspecified atom stereocenters. The molecule has 0 aliphatic heterocycles. The first-order chi connectivity index (χ1) is 15.3. The van der Waals surface area contributed by atoms with Gasteiger partial charge in [0.1, 0.15) is 10.1 Å². The normalized spacial score (nSPS) is 11.5. The van der Waals surface area contributed by atoms with Gasteiger partial charge in [0, 0.05) is 0 Å². The van der Waals surface area contributed by atoms with Gasteiger partial charge in [0.25, 0.3) is 0 Å². The number of carbonyl (C=O) groups is 2. The predicted octanol–water partition coefficient (Wildman–Crippen LogP) is 2.18. The second-order valence-electron chi connectivity index (χ2n) is 7.21. The Morgan fingerprint density at radius 1 is 0.848 bits per heavy atom. The van der Waals surface area contributed by atoms with Gasteiger partial charge in [-0.15, -0.1) is 0 Å². The van der Waals surface area contributed by atoms with Crippen molar-refractivity contribution in [2.45, 2.75) is 70.1 Å². The van der Waals surface area contributed by atoms with E-state index in [4.69, 9.17) is 9.47 Å². The average Bonchev–Trinajstić information content (AvgIpc) is 2.76. The van der Waals surface area contributed by atoms with Crippen LogP contribution < -0.4 is 51.4 Å². The van der Waals surface area contributed by atoms with Gasteiger partial charge in [0.2, 0.25) is 0 Å². The molecule has 0 radical (unpaired) electrons. The van der Waals surface area contributed by atoms with E-state index in [9.17, 15) is 22.6 Å². The van der Waals surface area contributed by atoms with Gasteiger partial charge in [-0.2, -0.15) is 0 Å². The van der Waals surface area contributed by atoms with Gasteiger partial charge in [-0.1, -0.05) is 57.1 Å². The zero-order valence-corrected chi connectivity index (χ0v) is 23.8. The van der Waals surface area contributed by atoms with E-state index in [1.165, 1.54) is 12.1 Å². The van der Waals surface area contributed by atoms with E-state index in [-0.39, 0.29) is 70.2 Å². The van der Waals surface area contributed by atoms with Crippen molar-refractivity contribution in [3.8, 4) is 0 Å². The van der Waals surface area contributed by atoms with Gasteiger partial charge >= 0.3 is 63.3 Å². The van der Waals surface area contributed by atoms with E-state index in [1.807, 2.05) is 18.2 Å². The van der Waals surface area contributed by atoms with Crippen LogP contribution in [0.4, 0.5) is 0 Å². The summed E-state index contributed by atoms with van der Waals surface area (Å²) in [6.07, 6.45) is 14.6. The fourth-order valence-electron chi connectivity index (χ4n) is 2.81. The molecule has 0 fully saturated rings. The summed E-state index contributed by atoms with van der Waals surface area (Å²) < 4.78 is 45.3. The summed E-state index contributed by atoms with van der Waals surface area (Å²) in [6.45, 7) is 4.28. The molecular formula is C24H33KO7S. The molecule has 9 heteroatoms. The van der Waals surface area contributed by atoms with Crippen molar-refractivity contribution in [2.75, 3.05) is 13.2 Å². The van der Waals surface area contributed by atoms with Crippen LogP contribution in [0.3, 0.4) is 0 Å². The van der Waals surface area contributed by atoms with E-state index in [2.05, 4.69) is 19.9 Å². The molecule has 0 heterocycles. The standard InChI is InChI=1S/C24H34O7S.K/c1-3-5-7-9-11-13-18-30-23(25)20-16-15-17-21(32(27,28)29)22(20)24(26)31-19-14-12-10-8-6-4-2;/h7-10,15-17H,3-6,11-14,18-19H2,1-2H3,(H,27,28,29);/q;+1/p-1/b9-7+,10-8+;. The SMILES string of the molecule is CCC/C=C/CCCOC(=O)c1cccc(S(=O)(=O)[O-])c1C(=O)OCCC/C=C/CCC.[K+]. The van der Waals surface area contributed by atoms with Gasteiger partial charge in [0.05, 0.1) is 29.2 Å². The molecule has 33 heavy (non-hydrogen) atoms. The molecule has 0 saturated carbocycles. The largest absolute Gasteiger partial charge is 1.00 e. The van der Waals surface area contributed by atoms with Crippen molar-refractivity contribution < 1.29 is 83.4 Å². The van der Waals surface area contributed by atoms with Crippen LogP contribution >= 0.6 is 0 Å². The Hall–Kier alpha value is -0.814. The number of ether oxygens (including phenoxy) is 2. The Bertz CT molecular complexity index is 892. The predicted molar refractivity (Wildman–Crippen MR) is 122 cm³/mol. The van der Waals surface area contributed by atoms with Crippen molar-refractivity contribution in [1.82, 2.24) is 0 Å². The Balaban J connectivity index is 0.0000102. The Labute approximate surface area is 240 Å². The molecule has 0 aliphatic rings. The molecule has 1 aromatic rings. The first-order valence-corrected chi connectivity index (χ1v) is 12.5. The molecular weight excluding hydrogens is 471 g/mol. The summed E-state index contributed by atoms with van der Waals surface area (Å²) in [7, 11) is -5.00. The smallest absolute Gasteiger partial charge is 0.744 e. The fraction of sp³-hybridized carbons (Fsp3) is 0.500. The molecule has 0 amide bonds. The second kappa shape index (κ2) is 18.5. The van der Waals surface area contributed by atoms with Gasteiger partial charge in [-0.3, -0.25) is 0 Å². The van der Waals surface area contributed by atoms with Crippen LogP contribution in [0.1, 0.15) is 85.9 Å². The second-order valence-corrected chi connectivity index (χ2v) is 8.56. The molecule has 0 aliphatic carbocycles. The summed E-state index contributed by atoms with van der Waals surface area (Å²) >= 11 is 0. The minimum absolute atomic E-state index is 0. The third-order valence-corrected chi connectivity index (χ3v) is 5.34. The van der Waals surface area contributed by atoms with E-state index in [1.54, 1.807) is 0 Å². The summed E-state index contributed by atoms with van der Waals surface area (Å²) in [6, 6.07) is 3.47. The molecule has 0 spiro atoms. The van der Waals surface area contributed by atoms with Crippen molar-refractivity contribution in [2.24, 2.45) is 0 Å². The van der Waals surface area contributed by atoms with Crippen LogP contribution in [-0.2, 0) is 19.6 Å². The summed E-state index contributed by atoms with van der Waals surface area (Å²) in [4.78, 5) is 24.3. The Morgan fingerprint density at radius 2 is 1.33 bits per heavy atom. The third kappa shape index (κ3) is 13.0. The van der Waals surface area contributed by atoms with Crippen LogP contribution in [0.2, 0.25) is 0 Å². The first kappa shape index (κ1) is 32.2. The molecule has 0 N–H and O–H groups in total. The summed E-state index contributed by atoms with van der Waals surface area (Å²) in [5.74, 6) is -1.91. The zero-order chi connectivity index (χ0) is 23.8. The zero-order valence-electron chi connectivity index (χ0n) is 19.9. The van der Waals surface area contributed by atoms with Crippen molar-refractivity contribution >= 4 is 22.1 Å². The molecule has 0 aromatic heterocycles. The van der Waals surface area contributed by atoms with Gasteiger partial charge < -0.3 is 14.0 Å². The van der Waals surface area contributed by atoms with Crippen LogP contribution in [0.25, 0.3) is 0 Å². The average molecular weight is 505 g/mol. The number of hydrogen-bond acceptors (Lipinski definition) is 7. The van der Waals surface area contributed by atoms with Gasteiger partial charge in [0.15, 0.2) is 0 Å². The summed E-state index contributed by atoms with van der Waals surface area (Å²) in [5.41, 5.74) is -0.867. The van der Waals surface area contributed by atoms with Crippen molar-refractivity contribution in [1.29, 1.82) is 0 Å². The number of hydrogen-bond donors (Lipinski definition) is 0. The molecule has 7 nitrogen and oxygen atoms in total. The van der Waals surface area contributed by atoms with Gasteiger partial charge in [-0.25, -0.2) is 18.0 Å². The van der Waals surface area contributed by atoms with Crippen LogP contribution in [0, 0.1) is 0 Å². The molecule has 1 rings (SSSR count). The Kier molecular flexibility index (Phi) is 18.0. The number of rotatable bonds is 15. The molecule has 0 saturated heterocycles. The summed E-state index contributed by atoms with van der Waals surface area (Å²) in [5, 5.41) is 0. The van der Waals surface area contributed by atoms with E-state index in [0.29, 0.717) is 19.3 Å². The van der Waals surface area contributed by atoms with Crippen LogP contribution in [0.5, 0.6) is 0 Å². The monoisotopic (exact) mass is 504 g/mol. The van der Waals surface area contributed by atoms with E-state index >= 15 is 0 Å².